The van der Waals surface area contributed by atoms with Crippen molar-refractivity contribution in [1.29, 1.82) is 5.26 Å². The molecular formula is C13H18N2O. The molecule has 0 amide bonds. The standard InChI is InChI=1S/C13H18N2O/c1-11(15)12-5-7-13(8-6-12)16-10-4-2-3-9-14/h5-8,11H,2-4,10,15H2,1H3. The van der Waals surface area contributed by atoms with Crippen molar-refractivity contribution in [2.24, 2.45) is 5.73 Å². The highest BCUT2D eigenvalue weighted by molar-refractivity contribution is 5.28. The number of benzene rings is 1. The van der Waals surface area contributed by atoms with Gasteiger partial charge in [0.05, 0.1) is 12.7 Å². The fourth-order valence-electron chi connectivity index (χ4n) is 1.36. The summed E-state index contributed by atoms with van der Waals surface area (Å²) >= 11 is 0. The molecule has 0 aliphatic heterocycles. The van der Waals surface area contributed by atoms with Crippen LogP contribution in [0.25, 0.3) is 0 Å². The summed E-state index contributed by atoms with van der Waals surface area (Å²) in [6, 6.07) is 10.0. The number of hydrogen-bond donors (Lipinski definition) is 1. The molecule has 0 spiro atoms. The molecule has 3 nitrogen and oxygen atoms in total. The molecule has 1 aromatic rings. The molecule has 0 saturated carbocycles. The van der Waals surface area contributed by atoms with Crippen LogP contribution in [0.3, 0.4) is 0 Å². The van der Waals surface area contributed by atoms with Gasteiger partial charge in [-0.25, -0.2) is 0 Å². The summed E-state index contributed by atoms with van der Waals surface area (Å²) in [5.74, 6) is 0.862. The van der Waals surface area contributed by atoms with Gasteiger partial charge in [-0.1, -0.05) is 12.1 Å². The van der Waals surface area contributed by atoms with Gasteiger partial charge in [-0.2, -0.15) is 5.26 Å². The number of ether oxygens (including phenoxy) is 1. The van der Waals surface area contributed by atoms with Gasteiger partial charge in [-0.05, 0) is 37.5 Å². The van der Waals surface area contributed by atoms with Crippen LogP contribution in [0.15, 0.2) is 24.3 Å². The molecule has 0 saturated heterocycles. The Balaban J connectivity index is 2.30. The molecule has 86 valence electrons. The zero-order valence-corrected chi connectivity index (χ0v) is 9.65. The summed E-state index contributed by atoms with van der Waals surface area (Å²) in [7, 11) is 0. The van der Waals surface area contributed by atoms with Crippen molar-refractivity contribution >= 4 is 0 Å². The normalized spacial score (nSPS) is 11.8. The Morgan fingerprint density at radius 1 is 1.31 bits per heavy atom. The summed E-state index contributed by atoms with van der Waals surface area (Å²) in [4.78, 5) is 0. The number of rotatable bonds is 6. The number of unbranched alkanes of at least 4 members (excludes halogenated alkanes) is 2. The second-order valence-electron chi connectivity index (χ2n) is 3.82. The van der Waals surface area contributed by atoms with Gasteiger partial charge in [0.25, 0.3) is 0 Å². The molecule has 0 heterocycles. The van der Waals surface area contributed by atoms with E-state index in [1.807, 2.05) is 31.2 Å². The largest absolute Gasteiger partial charge is 0.494 e. The number of nitrogens with zero attached hydrogens (tertiary/aromatic N) is 1. The van der Waals surface area contributed by atoms with E-state index in [-0.39, 0.29) is 6.04 Å². The third-order valence-electron chi connectivity index (χ3n) is 2.36. The van der Waals surface area contributed by atoms with Crippen LogP contribution < -0.4 is 10.5 Å². The number of nitriles is 1. The van der Waals surface area contributed by atoms with Crippen LogP contribution in [-0.2, 0) is 0 Å². The molecular weight excluding hydrogens is 200 g/mol. The Labute approximate surface area is 96.8 Å². The molecule has 1 rings (SSSR count). The SMILES string of the molecule is CC(N)c1ccc(OCCCCC#N)cc1. The van der Waals surface area contributed by atoms with Crippen LogP contribution in [0.1, 0.15) is 37.8 Å². The van der Waals surface area contributed by atoms with Crippen molar-refractivity contribution in [1.82, 2.24) is 0 Å². The van der Waals surface area contributed by atoms with E-state index in [9.17, 15) is 0 Å². The van der Waals surface area contributed by atoms with Crippen LogP contribution in [0, 0.1) is 11.3 Å². The highest BCUT2D eigenvalue weighted by Crippen LogP contribution is 2.16. The first-order chi connectivity index (χ1) is 7.74. The van der Waals surface area contributed by atoms with Gasteiger partial charge in [0.1, 0.15) is 5.75 Å². The average Bonchev–Trinajstić information content (AvgIpc) is 2.29. The quantitative estimate of drug-likeness (QED) is 0.747. The molecule has 0 fully saturated rings. The lowest BCUT2D eigenvalue weighted by molar-refractivity contribution is 0.307. The first-order valence-electron chi connectivity index (χ1n) is 5.59. The van der Waals surface area contributed by atoms with E-state index in [0.29, 0.717) is 13.0 Å². The van der Waals surface area contributed by atoms with E-state index >= 15 is 0 Å². The summed E-state index contributed by atoms with van der Waals surface area (Å²) in [5, 5.41) is 8.36. The molecule has 1 aromatic carbocycles. The third-order valence-corrected chi connectivity index (χ3v) is 2.36. The maximum Gasteiger partial charge on any atom is 0.119 e. The van der Waals surface area contributed by atoms with Crippen molar-refractivity contribution in [3.05, 3.63) is 29.8 Å². The zero-order chi connectivity index (χ0) is 11.8. The van der Waals surface area contributed by atoms with Crippen LogP contribution in [0.5, 0.6) is 5.75 Å². The lowest BCUT2D eigenvalue weighted by Crippen LogP contribution is -2.04. The number of nitrogens with two attached hydrogens (primary N) is 1. The molecule has 0 aromatic heterocycles. The van der Waals surface area contributed by atoms with Gasteiger partial charge in [0.2, 0.25) is 0 Å². The average molecular weight is 218 g/mol. The third kappa shape index (κ3) is 4.33. The van der Waals surface area contributed by atoms with Crippen LogP contribution >= 0.6 is 0 Å². The minimum absolute atomic E-state index is 0.0599. The monoisotopic (exact) mass is 218 g/mol. The molecule has 0 aliphatic rings. The van der Waals surface area contributed by atoms with Crippen molar-refractivity contribution in [2.75, 3.05) is 6.61 Å². The second kappa shape index (κ2) is 6.86. The molecule has 2 N–H and O–H groups in total. The minimum atomic E-state index is 0.0599. The maximum atomic E-state index is 8.36. The first kappa shape index (κ1) is 12.5. The smallest absolute Gasteiger partial charge is 0.119 e. The molecule has 1 unspecified atom stereocenters. The van der Waals surface area contributed by atoms with E-state index in [0.717, 1.165) is 24.2 Å². The Morgan fingerprint density at radius 3 is 2.56 bits per heavy atom. The van der Waals surface area contributed by atoms with E-state index in [2.05, 4.69) is 6.07 Å². The van der Waals surface area contributed by atoms with Crippen molar-refractivity contribution in [3.63, 3.8) is 0 Å². The summed E-state index contributed by atoms with van der Waals surface area (Å²) in [5.41, 5.74) is 6.86. The predicted molar refractivity (Wildman–Crippen MR) is 64.0 cm³/mol. The molecule has 0 aliphatic carbocycles. The van der Waals surface area contributed by atoms with Gasteiger partial charge in [0, 0.05) is 12.5 Å². The molecule has 3 heteroatoms. The van der Waals surface area contributed by atoms with Gasteiger partial charge in [0.15, 0.2) is 0 Å². The van der Waals surface area contributed by atoms with Gasteiger partial charge < -0.3 is 10.5 Å². The fraction of sp³-hybridized carbons (Fsp3) is 0.462. The Kier molecular flexibility index (Phi) is 5.38. The lowest BCUT2D eigenvalue weighted by Gasteiger charge is -2.08. The molecule has 16 heavy (non-hydrogen) atoms. The van der Waals surface area contributed by atoms with Crippen LogP contribution in [0.2, 0.25) is 0 Å². The van der Waals surface area contributed by atoms with Gasteiger partial charge >= 0.3 is 0 Å². The number of hydrogen-bond acceptors (Lipinski definition) is 3. The van der Waals surface area contributed by atoms with Crippen molar-refractivity contribution < 1.29 is 4.74 Å². The zero-order valence-electron chi connectivity index (χ0n) is 9.65. The molecule has 1 atom stereocenters. The Morgan fingerprint density at radius 2 is 2.00 bits per heavy atom. The highest BCUT2D eigenvalue weighted by Gasteiger charge is 1.99. The van der Waals surface area contributed by atoms with E-state index in [1.54, 1.807) is 0 Å². The maximum absolute atomic E-state index is 8.36. The van der Waals surface area contributed by atoms with Crippen LogP contribution in [0.4, 0.5) is 0 Å². The molecule has 0 bridgehead atoms. The topological polar surface area (TPSA) is 59.0 Å². The summed E-state index contributed by atoms with van der Waals surface area (Å²) < 4.78 is 5.54. The van der Waals surface area contributed by atoms with E-state index in [4.69, 9.17) is 15.7 Å². The van der Waals surface area contributed by atoms with E-state index < -0.39 is 0 Å². The van der Waals surface area contributed by atoms with Crippen molar-refractivity contribution in [2.45, 2.75) is 32.2 Å². The Hall–Kier alpha value is -1.53. The van der Waals surface area contributed by atoms with Gasteiger partial charge in [-0.15, -0.1) is 0 Å². The van der Waals surface area contributed by atoms with E-state index in [1.165, 1.54) is 0 Å². The highest BCUT2D eigenvalue weighted by atomic mass is 16.5. The first-order valence-corrected chi connectivity index (χ1v) is 5.59. The molecule has 0 radical (unpaired) electrons. The Bertz CT molecular complexity index is 338. The summed E-state index contributed by atoms with van der Waals surface area (Å²) in [6.07, 6.45) is 2.42. The lowest BCUT2D eigenvalue weighted by atomic mass is 10.1. The van der Waals surface area contributed by atoms with Gasteiger partial charge in [-0.3, -0.25) is 0 Å². The van der Waals surface area contributed by atoms with Crippen molar-refractivity contribution in [3.8, 4) is 11.8 Å². The van der Waals surface area contributed by atoms with Crippen LogP contribution in [-0.4, -0.2) is 6.61 Å². The predicted octanol–water partition coefficient (Wildman–Crippen LogP) is 2.78. The summed E-state index contributed by atoms with van der Waals surface area (Å²) in [6.45, 7) is 2.62. The second-order valence-corrected chi connectivity index (χ2v) is 3.82. The minimum Gasteiger partial charge on any atom is -0.494 e. The fourth-order valence-corrected chi connectivity index (χ4v) is 1.36.